The molecule has 0 radical (unpaired) electrons. The zero-order chi connectivity index (χ0) is 26.9. The highest BCUT2D eigenvalue weighted by atomic mass is 19.4. The molecule has 1 aliphatic rings. The van der Waals surface area contributed by atoms with E-state index in [1.165, 1.54) is 22.9 Å². The van der Waals surface area contributed by atoms with E-state index < -0.39 is 36.1 Å². The molecular weight excluding hydrogens is 485 g/mol. The molecule has 0 atom stereocenters. The van der Waals surface area contributed by atoms with Gasteiger partial charge >= 0.3 is 12.8 Å². The van der Waals surface area contributed by atoms with Gasteiger partial charge < -0.3 is 15.2 Å². The molecule has 1 aromatic heterocycles. The van der Waals surface area contributed by atoms with Crippen LogP contribution in [-0.2, 0) is 6.42 Å². The van der Waals surface area contributed by atoms with Crippen LogP contribution in [0, 0.1) is 18.3 Å². The maximum Gasteiger partial charge on any atom is 0.394 e. The first-order valence-electron chi connectivity index (χ1n) is 11.8. The molecule has 1 aromatic carbocycles. The van der Waals surface area contributed by atoms with Crippen LogP contribution in [0.15, 0.2) is 24.4 Å². The van der Waals surface area contributed by atoms with Crippen molar-refractivity contribution < 1.29 is 36.6 Å². The lowest BCUT2D eigenvalue weighted by atomic mass is 9.79. The molecule has 0 spiro atoms. The molecule has 3 rings (SSSR count). The second kappa shape index (κ2) is 10.4. The van der Waals surface area contributed by atoms with Crippen LogP contribution < -0.4 is 10.1 Å². The van der Waals surface area contributed by atoms with Gasteiger partial charge in [-0.3, -0.25) is 9.36 Å². The van der Waals surface area contributed by atoms with E-state index in [4.69, 9.17) is 0 Å². The quantitative estimate of drug-likeness (QED) is 0.448. The van der Waals surface area contributed by atoms with Gasteiger partial charge in [0.2, 0.25) is 0 Å². The van der Waals surface area contributed by atoms with Crippen molar-refractivity contribution in [3.8, 4) is 11.4 Å². The van der Waals surface area contributed by atoms with Crippen LogP contribution in [0.4, 0.5) is 22.0 Å². The number of nitrogens with one attached hydrogen (secondary N) is 1. The summed E-state index contributed by atoms with van der Waals surface area (Å²) in [6, 6.07) is 3.91. The van der Waals surface area contributed by atoms with E-state index in [1.807, 2.05) is 0 Å². The number of aryl methyl sites for hydroxylation is 1. The number of halogens is 5. The number of hydrogen-bond acceptors (Lipinski definition) is 4. The van der Waals surface area contributed by atoms with Crippen LogP contribution in [0.1, 0.15) is 68.3 Å². The Bertz CT molecular complexity index is 1070. The van der Waals surface area contributed by atoms with Crippen LogP contribution in [0.25, 0.3) is 5.69 Å². The number of hydrogen-bond donors (Lipinski definition) is 2. The SMILES string of the molecule is Cc1nc(C(=O)NCC2(O)CCC(C)CC2)cn1-c1ccc(CC(C)(C)C(F)(F)F)cc1OC(F)F. The molecule has 11 heteroatoms. The van der Waals surface area contributed by atoms with Crippen molar-refractivity contribution in [1.29, 1.82) is 0 Å². The number of nitrogens with zero attached hydrogens (tertiary/aromatic N) is 2. The molecule has 1 fully saturated rings. The predicted molar refractivity (Wildman–Crippen MR) is 123 cm³/mol. The minimum atomic E-state index is -4.48. The first-order chi connectivity index (χ1) is 16.6. The van der Waals surface area contributed by atoms with Gasteiger partial charge in [0, 0.05) is 12.7 Å². The Labute approximate surface area is 206 Å². The molecule has 0 unspecified atom stereocenters. The Hall–Kier alpha value is -2.69. The van der Waals surface area contributed by atoms with E-state index in [-0.39, 0.29) is 35.1 Å². The number of carbonyl (C=O) groups excluding carboxylic acids is 1. The molecular formula is C25H32F5N3O3. The van der Waals surface area contributed by atoms with Crippen molar-refractivity contribution in [1.82, 2.24) is 14.9 Å². The molecule has 6 nitrogen and oxygen atoms in total. The molecule has 200 valence electrons. The Balaban J connectivity index is 1.83. The lowest BCUT2D eigenvalue weighted by molar-refractivity contribution is -0.211. The van der Waals surface area contributed by atoms with E-state index in [1.54, 1.807) is 6.92 Å². The highest BCUT2D eigenvalue weighted by Crippen LogP contribution is 2.41. The predicted octanol–water partition coefficient (Wildman–Crippen LogP) is 5.58. The number of benzene rings is 1. The Morgan fingerprint density at radius 2 is 1.92 bits per heavy atom. The summed E-state index contributed by atoms with van der Waals surface area (Å²) < 4.78 is 72.2. The van der Waals surface area contributed by atoms with Gasteiger partial charge in [0.1, 0.15) is 17.3 Å². The van der Waals surface area contributed by atoms with E-state index in [0.717, 1.165) is 32.8 Å². The van der Waals surface area contributed by atoms with Crippen molar-refractivity contribution in [2.24, 2.45) is 11.3 Å². The standard InChI is InChI=1S/C25H32F5N3O3/c1-15-7-9-24(35,10-8-15)14-31-21(34)18-13-33(16(2)32-18)19-6-5-17(11-20(19)36-22(26)27)12-23(3,4)25(28,29)30/h5-6,11,13,15,22,35H,7-10,12,14H2,1-4H3,(H,31,34). The van der Waals surface area contributed by atoms with Gasteiger partial charge in [-0.2, -0.15) is 22.0 Å². The highest BCUT2D eigenvalue weighted by Gasteiger charge is 2.47. The average Bonchev–Trinajstić information content (AvgIpc) is 3.15. The van der Waals surface area contributed by atoms with E-state index in [9.17, 15) is 31.9 Å². The average molecular weight is 518 g/mol. The monoisotopic (exact) mass is 517 g/mol. The molecule has 0 aliphatic heterocycles. The maximum atomic E-state index is 13.3. The fourth-order valence-electron chi connectivity index (χ4n) is 4.31. The Morgan fingerprint density at radius 3 is 2.50 bits per heavy atom. The van der Waals surface area contributed by atoms with Gasteiger partial charge in [0.25, 0.3) is 5.91 Å². The van der Waals surface area contributed by atoms with Crippen LogP contribution >= 0.6 is 0 Å². The zero-order valence-electron chi connectivity index (χ0n) is 20.8. The van der Waals surface area contributed by atoms with Crippen molar-refractivity contribution in [2.45, 2.75) is 78.2 Å². The number of ether oxygens (including phenoxy) is 1. The summed E-state index contributed by atoms with van der Waals surface area (Å²) >= 11 is 0. The molecule has 2 aromatic rings. The van der Waals surface area contributed by atoms with Gasteiger partial charge in [0.15, 0.2) is 0 Å². The van der Waals surface area contributed by atoms with E-state index in [2.05, 4.69) is 22.0 Å². The van der Waals surface area contributed by atoms with Crippen LogP contribution in [0.3, 0.4) is 0 Å². The topological polar surface area (TPSA) is 76.4 Å². The Kier molecular flexibility index (Phi) is 8.02. The molecule has 0 bridgehead atoms. The van der Waals surface area contributed by atoms with Crippen molar-refractivity contribution in [2.75, 3.05) is 6.54 Å². The van der Waals surface area contributed by atoms with Gasteiger partial charge in [0.05, 0.1) is 16.7 Å². The summed E-state index contributed by atoms with van der Waals surface area (Å²) in [6.07, 6.45) is -0.700. The van der Waals surface area contributed by atoms with Crippen molar-refractivity contribution in [3.63, 3.8) is 0 Å². The summed E-state index contributed by atoms with van der Waals surface area (Å²) in [5.74, 6) is -0.0647. The minimum Gasteiger partial charge on any atom is -0.433 e. The van der Waals surface area contributed by atoms with Crippen LogP contribution in [0.5, 0.6) is 5.75 Å². The van der Waals surface area contributed by atoms with Gasteiger partial charge in [-0.15, -0.1) is 0 Å². The number of rotatable bonds is 8. The smallest absolute Gasteiger partial charge is 0.394 e. The second-order valence-corrected chi connectivity index (χ2v) is 10.4. The normalized spacial score (nSPS) is 21.0. The summed E-state index contributed by atoms with van der Waals surface area (Å²) in [6.45, 7) is 2.59. The summed E-state index contributed by atoms with van der Waals surface area (Å²) in [5.41, 5.74) is -2.79. The van der Waals surface area contributed by atoms with Gasteiger partial charge in [-0.1, -0.05) is 26.8 Å². The first-order valence-corrected chi connectivity index (χ1v) is 11.8. The van der Waals surface area contributed by atoms with Gasteiger partial charge in [-0.05, 0) is 62.6 Å². The van der Waals surface area contributed by atoms with Crippen molar-refractivity contribution in [3.05, 3.63) is 41.5 Å². The zero-order valence-corrected chi connectivity index (χ0v) is 20.8. The van der Waals surface area contributed by atoms with E-state index in [0.29, 0.717) is 18.8 Å². The minimum absolute atomic E-state index is 0.00514. The molecule has 0 saturated heterocycles. The van der Waals surface area contributed by atoms with Crippen molar-refractivity contribution >= 4 is 5.91 Å². The summed E-state index contributed by atoms with van der Waals surface area (Å²) in [7, 11) is 0. The second-order valence-electron chi connectivity index (χ2n) is 10.4. The van der Waals surface area contributed by atoms with E-state index >= 15 is 0 Å². The lowest BCUT2D eigenvalue weighted by Gasteiger charge is -2.34. The molecule has 1 heterocycles. The lowest BCUT2D eigenvalue weighted by Crippen LogP contribution is -2.45. The third kappa shape index (κ3) is 6.54. The number of aliphatic hydroxyl groups is 1. The molecule has 1 saturated carbocycles. The molecule has 1 aliphatic carbocycles. The number of imidazole rings is 1. The largest absolute Gasteiger partial charge is 0.433 e. The summed E-state index contributed by atoms with van der Waals surface area (Å²) in [5, 5.41) is 13.4. The fraction of sp³-hybridized carbons (Fsp3) is 0.600. The molecule has 1 amide bonds. The Morgan fingerprint density at radius 1 is 1.28 bits per heavy atom. The summed E-state index contributed by atoms with van der Waals surface area (Å²) in [4.78, 5) is 16.9. The van der Waals surface area contributed by atoms with Crippen LogP contribution in [0.2, 0.25) is 0 Å². The van der Waals surface area contributed by atoms with Crippen LogP contribution in [-0.4, -0.2) is 45.5 Å². The number of carbonyl (C=O) groups is 1. The first kappa shape index (κ1) is 27.9. The number of amides is 1. The highest BCUT2D eigenvalue weighted by molar-refractivity contribution is 5.92. The fourth-order valence-corrected chi connectivity index (χ4v) is 4.31. The van der Waals surface area contributed by atoms with Gasteiger partial charge in [-0.25, -0.2) is 4.98 Å². The number of aromatic nitrogens is 2. The molecule has 2 N–H and O–H groups in total. The molecule has 36 heavy (non-hydrogen) atoms. The third-order valence-corrected chi connectivity index (χ3v) is 6.81. The maximum absolute atomic E-state index is 13.3. The number of alkyl halides is 5. The third-order valence-electron chi connectivity index (χ3n) is 6.81.